The number of aliphatic hydroxyl groups is 2. The van der Waals surface area contributed by atoms with Crippen molar-refractivity contribution in [1.82, 2.24) is 0 Å². The Kier molecular flexibility index (Phi) is 5.01. The quantitative estimate of drug-likeness (QED) is 0.621. The molecule has 2 aromatic rings. The molecule has 4 nitrogen and oxygen atoms in total. The number of carbonyl (C=O) groups excluding carboxylic acids is 1. The van der Waals surface area contributed by atoms with E-state index in [4.69, 9.17) is 14.9 Å². The van der Waals surface area contributed by atoms with Gasteiger partial charge in [0.05, 0.1) is 0 Å². The molecule has 0 spiro atoms. The number of ketones is 1. The summed E-state index contributed by atoms with van der Waals surface area (Å²) < 4.78 is 4.93. The molecule has 0 aliphatic rings. The van der Waals surface area contributed by atoms with Gasteiger partial charge in [0.15, 0.2) is 5.78 Å². The van der Waals surface area contributed by atoms with E-state index >= 15 is 0 Å². The molecule has 2 aromatic carbocycles. The van der Waals surface area contributed by atoms with Gasteiger partial charge in [0, 0.05) is 12.0 Å². The first-order valence-corrected chi connectivity index (χ1v) is 6.31. The lowest BCUT2D eigenvalue weighted by atomic mass is 10.00. The lowest BCUT2D eigenvalue weighted by molar-refractivity contribution is -0.246. The minimum atomic E-state index is -1.98. The summed E-state index contributed by atoms with van der Waals surface area (Å²) >= 11 is 0. The van der Waals surface area contributed by atoms with Crippen LogP contribution in [0.2, 0.25) is 0 Å². The molecule has 2 N–H and O–H groups in total. The Morgan fingerprint density at radius 3 is 2.05 bits per heavy atom. The highest BCUT2D eigenvalue weighted by molar-refractivity contribution is 5.99. The van der Waals surface area contributed by atoms with E-state index < -0.39 is 12.6 Å². The van der Waals surface area contributed by atoms with Gasteiger partial charge < -0.3 is 14.9 Å². The predicted octanol–water partition coefficient (Wildman–Crippen LogP) is 1.77. The second kappa shape index (κ2) is 6.96. The molecule has 0 aliphatic carbocycles. The Morgan fingerprint density at radius 2 is 1.50 bits per heavy atom. The molecule has 0 bridgehead atoms. The van der Waals surface area contributed by atoms with Crippen LogP contribution in [0, 0.1) is 0 Å². The molecule has 0 amide bonds. The van der Waals surface area contributed by atoms with E-state index in [0.29, 0.717) is 5.56 Å². The predicted molar refractivity (Wildman–Crippen MR) is 74.0 cm³/mol. The van der Waals surface area contributed by atoms with Crippen LogP contribution in [0.4, 0.5) is 0 Å². The van der Waals surface area contributed by atoms with Gasteiger partial charge in [-0.3, -0.25) is 4.79 Å². The molecule has 2 rings (SSSR count). The van der Waals surface area contributed by atoms with Gasteiger partial charge in [0.1, 0.15) is 6.10 Å². The van der Waals surface area contributed by atoms with E-state index in [9.17, 15) is 4.79 Å². The van der Waals surface area contributed by atoms with Crippen molar-refractivity contribution in [1.29, 1.82) is 0 Å². The van der Waals surface area contributed by atoms with Crippen molar-refractivity contribution in [3.05, 3.63) is 71.8 Å². The number of rotatable bonds is 6. The molecule has 0 radical (unpaired) electrons. The summed E-state index contributed by atoms with van der Waals surface area (Å²) in [4.78, 5) is 12.3. The molecule has 0 aromatic heterocycles. The Hall–Kier alpha value is -2.01. The fraction of sp³-hybridized carbons (Fsp3) is 0.188. The van der Waals surface area contributed by atoms with Crippen LogP contribution in [-0.2, 0) is 11.2 Å². The smallest absolute Gasteiger partial charge is 0.267 e. The zero-order valence-electron chi connectivity index (χ0n) is 10.8. The Labute approximate surface area is 117 Å². The van der Waals surface area contributed by atoms with E-state index in [1.165, 1.54) is 0 Å². The fourth-order valence-electron chi connectivity index (χ4n) is 1.97. The maximum atomic E-state index is 12.3. The summed E-state index contributed by atoms with van der Waals surface area (Å²) in [5.41, 5.74) is 1.37. The number of Topliss-reactive ketones (excluding diaryl/α,β-unsaturated/α-hetero) is 1. The molecule has 0 saturated heterocycles. The lowest BCUT2D eigenvalue weighted by Crippen LogP contribution is -2.31. The third-order valence-electron chi connectivity index (χ3n) is 2.90. The van der Waals surface area contributed by atoms with E-state index in [1.54, 1.807) is 24.3 Å². The zero-order chi connectivity index (χ0) is 14.4. The SMILES string of the molecule is O=C(c1ccccc1)C(Cc1ccccc1)OC(O)O. The van der Waals surface area contributed by atoms with Crippen molar-refractivity contribution < 1.29 is 19.7 Å². The number of benzene rings is 2. The van der Waals surface area contributed by atoms with Crippen molar-refractivity contribution in [2.45, 2.75) is 19.0 Å². The van der Waals surface area contributed by atoms with Crippen molar-refractivity contribution in [2.75, 3.05) is 0 Å². The third-order valence-corrected chi connectivity index (χ3v) is 2.90. The Balaban J connectivity index is 2.17. The van der Waals surface area contributed by atoms with E-state index in [-0.39, 0.29) is 12.2 Å². The van der Waals surface area contributed by atoms with Gasteiger partial charge in [-0.15, -0.1) is 0 Å². The molecular weight excluding hydrogens is 256 g/mol. The van der Waals surface area contributed by atoms with Crippen LogP contribution < -0.4 is 0 Å². The summed E-state index contributed by atoms with van der Waals surface area (Å²) in [6, 6.07) is 18.0. The molecule has 0 heterocycles. The molecule has 0 aliphatic heterocycles. The van der Waals surface area contributed by atoms with Crippen molar-refractivity contribution in [3.63, 3.8) is 0 Å². The maximum absolute atomic E-state index is 12.3. The standard InChI is InChI=1S/C16H16O4/c17-15(13-9-5-2-6-10-13)14(20-16(18)19)11-12-7-3-1-4-8-12/h1-10,14,16,18-19H,11H2. The van der Waals surface area contributed by atoms with Gasteiger partial charge in [-0.2, -0.15) is 0 Å². The first kappa shape index (κ1) is 14.4. The summed E-state index contributed by atoms with van der Waals surface area (Å²) in [5.74, 6) is -0.275. The van der Waals surface area contributed by atoms with Gasteiger partial charge in [0.2, 0.25) is 0 Å². The van der Waals surface area contributed by atoms with Crippen LogP contribution in [-0.4, -0.2) is 28.6 Å². The number of hydrogen-bond acceptors (Lipinski definition) is 4. The minimum Gasteiger partial charge on any atom is -0.346 e. The lowest BCUT2D eigenvalue weighted by Gasteiger charge is -2.18. The topological polar surface area (TPSA) is 66.8 Å². The van der Waals surface area contributed by atoms with Crippen LogP contribution in [0.1, 0.15) is 15.9 Å². The summed E-state index contributed by atoms with van der Waals surface area (Å²) in [6.45, 7) is -1.98. The number of hydrogen-bond donors (Lipinski definition) is 2. The van der Waals surface area contributed by atoms with Gasteiger partial charge in [-0.25, -0.2) is 0 Å². The normalized spacial score (nSPS) is 12.3. The van der Waals surface area contributed by atoms with E-state index in [1.807, 2.05) is 36.4 Å². The van der Waals surface area contributed by atoms with E-state index in [0.717, 1.165) is 5.56 Å². The van der Waals surface area contributed by atoms with Crippen LogP contribution in [0.5, 0.6) is 0 Å². The number of carbonyl (C=O) groups is 1. The van der Waals surface area contributed by atoms with Crippen LogP contribution in [0.3, 0.4) is 0 Å². The first-order valence-electron chi connectivity index (χ1n) is 6.31. The highest BCUT2D eigenvalue weighted by Crippen LogP contribution is 2.13. The van der Waals surface area contributed by atoms with Crippen molar-refractivity contribution in [3.8, 4) is 0 Å². The minimum absolute atomic E-state index is 0.275. The molecular formula is C16H16O4. The number of aliphatic hydroxyl groups excluding tert-OH is 1. The molecule has 1 atom stereocenters. The second-order valence-corrected chi connectivity index (χ2v) is 4.37. The molecule has 1 unspecified atom stereocenters. The van der Waals surface area contributed by atoms with Crippen LogP contribution in [0.25, 0.3) is 0 Å². The Morgan fingerprint density at radius 1 is 0.950 bits per heavy atom. The van der Waals surface area contributed by atoms with E-state index in [2.05, 4.69) is 0 Å². The van der Waals surface area contributed by atoms with Gasteiger partial charge in [0.25, 0.3) is 6.48 Å². The zero-order valence-corrected chi connectivity index (χ0v) is 10.8. The largest absolute Gasteiger partial charge is 0.346 e. The molecule has 4 heteroatoms. The summed E-state index contributed by atoms with van der Waals surface area (Å²) in [6.07, 6.45) is -0.647. The summed E-state index contributed by atoms with van der Waals surface area (Å²) in [7, 11) is 0. The van der Waals surface area contributed by atoms with Gasteiger partial charge >= 0.3 is 0 Å². The fourth-order valence-corrected chi connectivity index (χ4v) is 1.97. The first-order chi connectivity index (χ1) is 9.66. The molecule has 104 valence electrons. The van der Waals surface area contributed by atoms with Gasteiger partial charge in [-0.1, -0.05) is 60.7 Å². The van der Waals surface area contributed by atoms with Crippen LogP contribution >= 0.6 is 0 Å². The summed E-state index contributed by atoms with van der Waals surface area (Å²) in [5, 5.41) is 18.0. The average molecular weight is 272 g/mol. The third kappa shape index (κ3) is 3.99. The average Bonchev–Trinajstić information content (AvgIpc) is 2.47. The second-order valence-electron chi connectivity index (χ2n) is 4.37. The van der Waals surface area contributed by atoms with Gasteiger partial charge in [-0.05, 0) is 5.56 Å². The van der Waals surface area contributed by atoms with Crippen LogP contribution in [0.15, 0.2) is 60.7 Å². The monoisotopic (exact) mass is 272 g/mol. The van der Waals surface area contributed by atoms with Crippen molar-refractivity contribution >= 4 is 5.78 Å². The maximum Gasteiger partial charge on any atom is 0.267 e. The molecule has 20 heavy (non-hydrogen) atoms. The molecule has 0 fully saturated rings. The highest BCUT2D eigenvalue weighted by atomic mass is 16.7. The highest BCUT2D eigenvalue weighted by Gasteiger charge is 2.23. The Bertz CT molecular complexity index is 537. The molecule has 0 saturated carbocycles. The van der Waals surface area contributed by atoms with Crippen molar-refractivity contribution in [2.24, 2.45) is 0 Å². The number of ether oxygens (including phenoxy) is 1.